The van der Waals surface area contributed by atoms with Gasteiger partial charge in [0.2, 0.25) is 0 Å². The summed E-state index contributed by atoms with van der Waals surface area (Å²) in [6.45, 7) is 21.1. The quantitative estimate of drug-likeness (QED) is 0.0333. The van der Waals surface area contributed by atoms with Crippen molar-refractivity contribution in [1.82, 2.24) is 18.9 Å². The van der Waals surface area contributed by atoms with Crippen molar-refractivity contribution in [1.29, 1.82) is 5.26 Å². The van der Waals surface area contributed by atoms with Crippen molar-refractivity contribution in [2.24, 2.45) is 23.7 Å². The Labute approximate surface area is 587 Å². The number of benzene rings is 8. The van der Waals surface area contributed by atoms with E-state index < -0.39 is 5.97 Å². The summed E-state index contributed by atoms with van der Waals surface area (Å²) in [4.78, 5) is 47.3. The summed E-state index contributed by atoms with van der Waals surface area (Å²) in [7, 11) is 0. The van der Waals surface area contributed by atoms with Crippen molar-refractivity contribution in [3.8, 4) is 50.6 Å². The molecule has 0 fully saturated rings. The molecule has 508 valence electrons. The number of aliphatic carboxylic acids is 1. The number of aromatic nitrogens is 2. The van der Waals surface area contributed by atoms with Crippen molar-refractivity contribution in [3.05, 3.63) is 209 Å². The third-order valence-electron chi connectivity index (χ3n) is 21.8. The predicted molar refractivity (Wildman–Crippen MR) is 412 cm³/mol. The zero-order valence-corrected chi connectivity index (χ0v) is 59.7. The van der Waals surface area contributed by atoms with Crippen LogP contribution in [0.4, 0.5) is 0 Å². The first-order valence-electron chi connectivity index (χ1n) is 37.3. The van der Waals surface area contributed by atoms with E-state index in [1.165, 1.54) is 97.6 Å². The number of hydrogen-bond donors (Lipinski definition) is 1. The average molecular weight is 1310 g/mol. The van der Waals surface area contributed by atoms with Crippen molar-refractivity contribution in [3.63, 3.8) is 0 Å². The second-order valence-electron chi connectivity index (χ2n) is 28.1. The van der Waals surface area contributed by atoms with Gasteiger partial charge in [-0.2, -0.15) is 5.26 Å². The molecule has 0 aliphatic carbocycles. The number of rotatable bonds is 32. The number of hydrogen-bond acceptors (Lipinski definition) is 4. The fraction of sp³-hybridized carbons (Fsp3) is 0.356. The van der Waals surface area contributed by atoms with Gasteiger partial charge in [-0.15, -0.1) is 0 Å². The molecule has 8 aromatic carbocycles. The fourth-order valence-electron chi connectivity index (χ4n) is 16.0. The topological polar surface area (TPSA) is 112 Å². The second kappa shape index (κ2) is 31.6. The predicted octanol–water partition coefficient (Wildman–Crippen LogP) is 23.2. The minimum atomic E-state index is -1.27. The highest BCUT2D eigenvalue weighted by molar-refractivity contribution is 6.33. The first kappa shape index (κ1) is 69.4. The van der Waals surface area contributed by atoms with Gasteiger partial charge >= 0.3 is 5.97 Å². The molecular weight excluding hydrogens is 1220 g/mol. The van der Waals surface area contributed by atoms with E-state index in [-0.39, 0.29) is 29.2 Å². The standard InChI is InChI=1S/C90H99N5O4/c1-9-17-29-60(13-5)56-92-76-38-28-27-37-74(76)80-78(68-33-23-21-24-34-68)87-81(79(86(80)92)69-35-25-22-26-36-69)75-54-72(51-52-77(75)93(87)57-61(14-6)30-18-10-2)67-45-49-71(50-46-67)85-83-82(88(96)95(85)59-63(16-8)32-20-12-4)84(94(89(83)97)58-62(15-7)31-19-11-3)70-47-43-66(44-48-70)65-41-39-64(40-42-65)53-73(55-91)90(98)99/h21-28,33-54,60-63H,9-20,29-32,56-59H2,1-8H3,(H,98,99)/b73-53-. The molecule has 2 aromatic heterocycles. The van der Waals surface area contributed by atoms with Crippen LogP contribution in [0.1, 0.15) is 175 Å². The smallest absolute Gasteiger partial charge is 0.346 e. The molecule has 12 rings (SSSR count). The van der Waals surface area contributed by atoms with E-state index in [0.29, 0.717) is 53.0 Å². The van der Waals surface area contributed by atoms with Crippen LogP contribution in [0.5, 0.6) is 0 Å². The van der Waals surface area contributed by atoms with Gasteiger partial charge in [-0.05, 0) is 124 Å². The molecule has 4 heterocycles. The van der Waals surface area contributed by atoms with E-state index >= 15 is 9.59 Å². The van der Waals surface area contributed by atoms with E-state index in [9.17, 15) is 15.2 Å². The average Bonchev–Trinajstić information content (AvgIpc) is 1.54. The third-order valence-corrected chi connectivity index (χ3v) is 21.8. The zero-order chi connectivity index (χ0) is 69.3. The van der Waals surface area contributed by atoms with Crippen LogP contribution in [0.15, 0.2) is 193 Å². The second-order valence-corrected chi connectivity index (χ2v) is 28.1. The lowest BCUT2D eigenvalue weighted by atomic mass is 9.89. The monoisotopic (exact) mass is 1310 g/mol. The lowest BCUT2D eigenvalue weighted by molar-refractivity contribution is -0.132. The highest BCUT2D eigenvalue weighted by Crippen LogP contribution is 2.53. The van der Waals surface area contributed by atoms with E-state index in [2.05, 4.69) is 192 Å². The van der Waals surface area contributed by atoms with Gasteiger partial charge in [0, 0.05) is 69.9 Å². The van der Waals surface area contributed by atoms with Crippen LogP contribution < -0.4 is 0 Å². The van der Waals surface area contributed by atoms with E-state index in [0.717, 1.165) is 124 Å². The molecule has 1 N–H and O–H groups in total. The van der Waals surface area contributed by atoms with Gasteiger partial charge in [0.1, 0.15) is 11.6 Å². The maximum Gasteiger partial charge on any atom is 0.346 e. The number of carbonyl (C=O) groups is 3. The maximum atomic E-state index is 15.9. The Morgan fingerprint density at radius 2 is 0.788 bits per heavy atom. The maximum absolute atomic E-state index is 15.9. The number of carboxylic acid groups (broad SMARTS) is 1. The van der Waals surface area contributed by atoms with Gasteiger partial charge in [-0.3, -0.25) is 9.59 Å². The van der Waals surface area contributed by atoms with Crippen LogP contribution in [0.2, 0.25) is 0 Å². The Balaban J connectivity index is 1.06. The van der Waals surface area contributed by atoms with Gasteiger partial charge in [-0.1, -0.05) is 290 Å². The molecule has 2 aliphatic heterocycles. The van der Waals surface area contributed by atoms with Crippen LogP contribution >= 0.6 is 0 Å². The lowest BCUT2D eigenvalue weighted by Gasteiger charge is -2.29. The van der Waals surface area contributed by atoms with Gasteiger partial charge in [0.05, 0.1) is 33.6 Å². The minimum absolute atomic E-state index is 0.123. The summed E-state index contributed by atoms with van der Waals surface area (Å²) in [6, 6.07) is 65.0. The molecule has 0 bridgehead atoms. The van der Waals surface area contributed by atoms with Gasteiger partial charge < -0.3 is 24.0 Å². The van der Waals surface area contributed by atoms with Crippen LogP contribution in [0.25, 0.3) is 106 Å². The fourth-order valence-corrected chi connectivity index (χ4v) is 16.0. The van der Waals surface area contributed by atoms with Gasteiger partial charge in [0.25, 0.3) is 11.8 Å². The molecule has 0 saturated carbocycles. The summed E-state index contributed by atoms with van der Waals surface area (Å²) in [5, 5.41) is 24.0. The Hall–Kier alpha value is -9.52. The molecule has 0 saturated heterocycles. The molecule has 4 unspecified atom stereocenters. The normalized spacial score (nSPS) is 14.8. The molecule has 2 aliphatic rings. The van der Waals surface area contributed by atoms with Crippen molar-refractivity contribution < 1.29 is 19.5 Å². The van der Waals surface area contributed by atoms with Gasteiger partial charge in [-0.25, -0.2) is 4.79 Å². The Kier molecular flexibility index (Phi) is 22.1. The van der Waals surface area contributed by atoms with Gasteiger partial charge in [0.15, 0.2) is 0 Å². The third kappa shape index (κ3) is 13.9. The summed E-state index contributed by atoms with van der Waals surface area (Å²) < 4.78 is 5.44. The number of amides is 2. The van der Waals surface area contributed by atoms with Crippen molar-refractivity contribution >= 4 is 78.9 Å². The Morgan fingerprint density at radius 1 is 0.424 bits per heavy atom. The molecule has 10 aromatic rings. The van der Waals surface area contributed by atoms with E-state index in [4.69, 9.17) is 0 Å². The summed E-state index contributed by atoms with van der Waals surface area (Å²) in [6.07, 6.45) is 18.6. The number of nitriles is 1. The Bertz CT molecular complexity index is 4690. The molecule has 2 amide bonds. The molecule has 99 heavy (non-hydrogen) atoms. The number of carbonyl (C=O) groups excluding carboxylic acids is 2. The molecule has 9 nitrogen and oxygen atoms in total. The van der Waals surface area contributed by atoms with Crippen LogP contribution in [0, 0.1) is 35.0 Å². The zero-order valence-electron chi connectivity index (χ0n) is 59.7. The number of para-hydroxylation sites is 1. The molecule has 4 atom stereocenters. The van der Waals surface area contributed by atoms with Crippen molar-refractivity contribution in [2.45, 2.75) is 171 Å². The molecule has 0 radical (unpaired) electrons. The largest absolute Gasteiger partial charge is 0.477 e. The number of unbranched alkanes of at least 4 members (excludes halogenated alkanes) is 4. The number of nitrogens with zero attached hydrogens (tertiary/aromatic N) is 5. The Morgan fingerprint density at radius 3 is 1.20 bits per heavy atom. The van der Waals surface area contributed by atoms with E-state index in [1.807, 2.05) is 46.2 Å². The highest BCUT2D eigenvalue weighted by Gasteiger charge is 2.49. The molecular formula is C90H99N5O4. The minimum Gasteiger partial charge on any atom is -0.477 e. The highest BCUT2D eigenvalue weighted by atomic mass is 16.4. The lowest BCUT2D eigenvalue weighted by Crippen LogP contribution is -2.34. The summed E-state index contributed by atoms with van der Waals surface area (Å²) >= 11 is 0. The van der Waals surface area contributed by atoms with E-state index in [1.54, 1.807) is 18.2 Å². The van der Waals surface area contributed by atoms with Crippen LogP contribution in [0.3, 0.4) is 0 Å². The van der Waals surface area contributed by atoms with Crippen molar-refractivity contribution in [2.75, 3.05) is 13.1 Å². The number of carboxylic acids is 1. The first-order chi connectivity index (χ1) is 48.4. The SMILES string of the molecule is CCCCC(CC)CN1C(=O)C2=C(c3ccc(-c4ccc5c(c4)c4c(-c6ccccc6)c6c(c(-c7ccccc7)c4n5CC(CC)CCCC)c4ccccc4n6CC(CC)CCCC)cc3)N(CC(CC)CCCC)C(=O)C2=C1c1ccc(-c2ccc(/C=C(/C#N)C(=O)O)cc2)cc1. The first-order valence-corrected chi connectivity index (χ1v) is 37.3. The van der Waals surface area contributed by atoms with Crippen LogP contribution in [-0.2, 0) is 27.5 Å². The number of fused-ring (bicyclic) bond motifs is 7. The summed E-state index contributed by atoms with van der Waals surface area (Å²) in [5.74, 6) is -0.0509. The molecule has 0 spiro atoms. The van der Waals surface area contributed by atoms with Crippen LogP contribution in [-0.4, -0.2) is 54.9 Å². The molecule has 9 heteroatoms. The summed E-state index contributed by atoms with van der Waals surface area (Å²) in [5.41, 5.74) is 18.4.